The first-order chi connectivity index (χ1) is 5.91. The van der Waals surface area contributed by atoms with Crippen molar-refractivity contribution in [2.45, 2.75) is 4.90 Å². The van der Waals surface area contributed by atoms with E-state index in [1.54, 1.807) is 0 Å². The molecule has 1 aromatic carbocycles. The van der Waals surface area contributed by atoms with Crippen molar-refractivity contribution in [1.29, 1.82) is 0 Å². The van der Waals surface area contributed by atoms with Crippen molar-refractivity contribution >= 4 is 10.2 Å². The standard InChI is InChI=1S/C6H4F6OS/c7-4-2-1-3-5(13)6(4)14(8,9,10,11)12/h1-3,13H. The molecule has 1 N–H and O–H groups in total. The average Bonchev–Trinajstić information content (AvgIpc) is 1.78. The highest BCUT2D eigenvalue weighted by Gasteiger charge is 2.68. The van der Waals surface area contributed by atoms with E-state index in [1.165, 1.54) is 0 Å². The van der Waals surface area contributed by atoms with Crippen LogP contribution in [0.1, 0.15) is 0 Å². The summed E-state index contributed by atoms with van der Waals surface area (Å²) in [6.45, 7) is 0. The van der Waals surface area contributed by atoms with Crippen molar-refractivity contribution in [3.8, 4) is 5.75 Å². The second kappa shape index (κ2) is 2.13. The fourth-order valence-corrected chi connectivity index (χ4v) is 1.78. The number of benzene rings is 1. The molecule has 0 saturated carbocycles. The Kier molecular flexibility index (Phi) is 1.68. The molecule has 82 valence electrons. The Balaban J connectivity index is 3.66. The summed E-state index contributed by atoms with van der Waals surface area (Å²) in [5.74, 6) is -4.01. The van der Waals surface area contributed by atoms with Crippen LogP contribution in [0.2, 0.25) is 0 Å². The molecule has 0 unspecified atom stereocenters. The van der Waals surface area contributed by atoms with Gasteiger partial charge < -0.3 is 5.11 Å². The molecule has 8 heteroatoms. The van der Waals surface area contributed by atoms with Gasteiger partial charge in [0.25, 0.3) is 0 Å². The van der Waals surface area contributed by atoms with Gasteiger partial charge in [-0.05, 0) is 12.1 Å². The Hall–Kier alpha value is -1.05. The van der Waals surface area contributed by atoms with Crippen molar-refractivity contribution < 1.29 is 28.9 Å². The third-order valence-electron chi connectivity index (χ3n) is 1.33. The van der Waals surface area contributed by atoms with Crippen LogP contribution in [0.4, 0.5) is 23.8 Å². The maximum Gasteiger partial charge on any atom is 0.316 e. The topological polar surface area (TPSA) is 20.2 Å². The van der Waals surface area contributed by atoms with E-state index in [9.17, 15) is 23.8 Å². The van der Waals surface area contributed by atoms with Gasteiger partial charge in [-0.15, -0.1) is 0 Å². The summed E-state index contributed by atoms with van der Waals surface area (Å²) >= 11 is 0. The first-order valence-corrected chi connectivity index (χ1v) is 5.08. The molecule has 0 heterocycles. The van der Waals surface area contributed by atoms with Gasteiger partial charge in [0.1, 0.15) is 11.6 Å². The van der Waals surface area contributed by atoms with Crippen LogP contribution in [0.3, 0.4) is 0 Å². The smallest absolute Gasteiger partial charge is 0.316 e. The largest absolute Gasteiger partial charge is 0.506 e. The first kappa shape index (κ1) is 11.0. The number of aromatic hydroxyl groups is 1. The van der Waals surface area contributed by atoms with Gasteiger partial charge in [-0.25, -0.2) is 4.39 Å². The summed E-state index contributed by atoms with van der Waals surface area (Å²) in [5.41, 5.74) is 0. The lowest BCUT2D eigenvalue weighted by atomic mass is 10.3. The molecule has 0 bridgehead atoms. The second-order valence-corrected chi connectivity index (χ2v) is 4.90. The van der Waals surface area contributed by atoms with Crippen molar-refractivity contribution in [3.63, 3.8) is 0 Å². The number of phenolic OH excluding ortho intramolecular Hbond substituents is 1. The number of rotatable bonds is 1. The van der Waals surface area contributed by atoms with Gasteiger partial charge in [0.2, 0.25) is 0 Å². The van der Waals surface area contributed by atoms with Gasteiger partial charge in [-0.2, -0.15) is 0 Å². The Morgan fingerprint density at radius 2 is 1.50 bits per heavy atom. The van der Waals surface area contributed by atoms with Crippen LogP contribution in [-0.2, 0) is 0 Å². The summed E-state index contributed by atoms with van der Waals surface area (Å²) in [4.78, 5) is -2.87. The van der Waals surface area contributed by atoms with Crippen LogP contribution >= 0.6 is 10.2 Å². The summed E-state index contributed by atoms with van der Waals surface area (Å²) in [5, 5.41) is 8.55. The summed E-state index contributed by atoms with van der Waals surface area (Å²) < 4.78 is 72.9. The molecule has 0 aromatic heterocycles. The molecule has 0 fully saturated rings. The van der Waals surface area contributed by atoms with Gasteiger partial charge in [0.15, 0.2) is 4.90 Å². The lowest BCUT2D eigenvalue weighted by Gasteiger charge is -2.40. The zero-order chi connectivity index (χ0) is 11.3. The molecular formula is C6H4F6OS. The average molecular weight is 238 g/mol. The second-order valence-electron chi connectivity index (χ2n) is 2.56. The van der Waals surface area contributed by atoms with E-state index in [0.717, 1.165) is 0 Å². The third-order valence-corrected chi connectivity index (χ3v) is 2.51. The highest BCUT2D eigenvalue weighted by molar-refractivity contribution is 8.45. The quantitative estimate of drug-likeness (QED) is 0.727. The van der Waals surface area contributed by atoms with Gasteiger partial charge >= 0.3 is 10.2 Å². The van der Waals surface area contributed by atoms with E-state index in [2.05, 4.69) is 0 Å². The number of halogens is 6. The fourth-order valence-electron chi connectivity index (χ4n) is 0.879. The molecule has 14 heavy (non-hydrogen) atoms. The zero-order valence-electron chi connectivity index (χ0n) is 6.36. The van der Waals surface area contributed by atoms with E-state index in [4.69, 9.17) is 5.11 Å². The zero-order valence-corrected chi connectivity index (χ0v) is 7.17. The molecule has 1 rings (SSSR count). The minimum atomic E-state index is -10.2. The Morgan fingerprint density at radius 1 is 1.00 bits per heavy atom. The van der Waals surface area contributed by atoms with Crippen LogP contribution in [0.25, 0.3) is 0 Å². The molecular weight excluding hydrogens is 234 g/mol. The van der Waals surface area contributed by atoms with E-state index in [1.807, 2.05) is 0 Å². The van der Waals surface area contributed by atoms with Gasteiger partial charge in [-0.1, -0.05) is 25.5 Å². The highest BCUT2D eigenvalue weighted by Crippen LogP contribution is 3.03. The molecule has 0 amide bonds. The highest BCUT2D eigenvalue weighted by atomic mass is 32.5. The minimum Gasteiger partial charge on any atom is -0.506 e. The summed E-state index contributed by atoms with van der Waals surface area (Å²) in [6.07, 6.45) is 0. The molecule has 0 aliphatic rings. The molecule has 0 spiro atoms. The molecule has 0 saturated heterocycles. The predicted octanol–water partition coefficient (Wildman–Crippen LogP) is 4.19. The Morgan fingerprint density at radius 3 is 1.79 bits per heavy atom. The third kappa shape index (κ3) is 2.06. The van der Waals surface area contributed by atoms with E-state index < -0.39 is 26.7 Å². The summed E-state index contributed by atoms with van der Waals surface area (Å²) in [6, 6.07) is 1.24. The lowest BCUT2D eigenvalue weighted by molar-refractivity contribution is 0.341. The van der Waals surface area contributed by atoms with Crippen LogP contribution < -0.4 is 0 Å². The summed E-state index contributed by atoms with van der Waals surface area (Å²) in [7, 11) is -10.2. The van der Waals surface area contributed by atoms with Crippen LogP contribution in [0.15, 0.2) is 23.1 Å². The molecule has 0 radical (unpaired) electrons. The molecule has 1 aromatic rings. The van der Waals surface area contributed by atoms with Gasteiger partial charge in [0.05, 0.1) is 0 Å². The maximum absolute atomic E-state index is 12.5. The van der Waals surface area contributed by atoms with Gasteiger partial charge in [-0.3, -0.25) is 0 Å². The number of hydrogen-bond acceptors (Lipinski definition) is 1. The van der Waals surface area contributed by atoms with Gasteiger partial charge in [0, 0.05) is 0 Å². The van der Waals surface area contributed by atoms with Crippen molar-refractivity contribution in [2.24, 2.45) is 0 Å². The number of phenols is 1. The molecule has 0 aliphatic carbocycles. The Bertz CT molecular complexity index is 362. The monoisotopic (exact) mass is 238 g/mol. The van der Waals surface area contributed by atoms with Crippen molar-refractivity contribution in [2.75, 3.05) is 0 Å². The normalized spacial score (nSPS) is 17.3. The predicted molar refractivity (Wildman–Crippen MR) is 39.5 cm³/mol. The van der Waals surface area contributed by atoms with E-state index in [0.29, 0.717) is 12.1 Å². The Labute approximate surface area is 74.7 Å². The minimum absolute atomic E-state index is 0.201. The molecule has 0 aliphatic heterocycles. The molecule has 1 nitrogen and oxygen atoms in total. The van der Waals surface area contributed by atoms with Crippen molar-refractivity contribution in [1.82, 2.24) is 0 Å². The lowest BCUT2D eigenvalue weighted by Crippen LogP contribution is -2.08. The fraction of sp³-hybridized carbons (Fsp3) is 0. The van der Waals surface area contributed by atoms with E-state index >= 15 is 0 Å². The molecule has 0 atom stereocenters. The van der Waals surface area contributed by atoms with E-state index in [-0.39, 0.29) is 6.07 Å². The first-order valence-electron chi connectivity index (χ1n) is 3.13. The van der Waals surface area contributed by atoms with Crippen LogP contribution in [-0.4, -0.2) is 5.11 Å². The maximum atomic E-state index is 12.5. The van der Waals surface area contributed by atoms with Crippen LogP contribution in [0.5, 0.6) is 5.75 Å². The SMILES string of the molecule is Oc1cccc(F)c1S(F)(F)(F)(F)F. The van der Waals surface area contributed by atoms with Crippen LogP contribution in [0, 0.1) is 5.82 Å². The number of hydrogen-bond donors (Lipinski definition) is 1. The van der Waals surface area contributed by atoms with Crippen molar-refractivity contribution in [3.05, 3.63) is 24.0 Å².